The summed E-state index contributed by atoms with van der Waals surface area (Å²) in [7, 11) is 1.69. The molecule has 0 bridgehead atoms. The smallest absolute Gasteiger partial charge is 0.220 e. The molecule has 1 aromatic carbocycles. The van der Waals surface area contributed by atoms with E-state index in [2.05, 4.69) is 39.8 Å². The summed E-state index contributed by atoms with van der Waals surface area (Å²) in [5.41, 5.74) is 10.1. The number of rotatable bonds is 4. The summed E-state index contributed by atoms with van der Waals surface area (Å²) < 4.78 is 7.56. The molecule has 0 amide bonds. The van der Waals surface area contributed by atoms with Crippen LogP contribution in [-0.2, 0) is 11.8 Å². The number of aryl methyl sites for hydroxylation is 1. The lowest BCUT2D eigenvalue weighted by Crippen LogP contribution is -2.16. The van der Waals surface area contributed by atoms with Crippen LogP contribution in [0.15, 0.2) is 24.3 Å². The van der Waals surface area contributed by atoms with Crippen molar-refractivity contribution >= 4 is 0 Å². The monoisotopic (exact) mass is 287 g/mol. The Balaban J connectivity index is 2.70. The van der Waals surface area contributed by atoms with Gasteiger partial charge in [0.1, 0.15) is 0 Å². The van der Waals surface area contributed by atoms with Gasteiger partial charge in [-0.15, -0.1) is 0 Å². The lowest BCUT2D eigenvalue weighted by molar-refractivity contribution is 0.379. The maximum atomic E-state index is 5.78. The van der Waals surface area contributed by atoms with Gasteiger partial charge in [0.05, 0.1) is 18.5 Å². The van der Waals surface area contributed by atoms with Crippen molar-refractivity contribution < 1.29 is 4.74 Å². The van der Waals surface area contributed by atoms with Crippen molar-refractivity contribution in [2.45, 2.75) is 39.5 Å². The Hall–Kier alpha value is -1.81. The third-order valence-electron chi connectivity index (χ3n) is 3.58. The van der Waals surface area contributed by atoms with Gasteiger partial charge >= 0.3 is 0 Å². The highest BCUT2D eigenvalue weighted by Gasteiger charge is 2.27. The summed E-state index contributed by atoms with van der Waals surface area (Å²) in [6.45, 7) is 9.15. The molecule has 2 aromatic rings. The molecule has 0 saturated heterocycles. The summed E-state index contributed by atoms with van der Waals surface area (Å²) in [4.78, 5) is 0. The van der Waals surface area contributed by atoms with E-state index >= 15 is 0 Å². The second-order valence-corrected chi connectivity index (χ2v) is 6.32. The van der Waals surface area contributed by atoms with Crippen LogP contribution in [-0.4, -0.2) is 23.4 Å². The van der Waals surface area contributed by atoms with Crippen molar-refractivity contribution in [2.75, 3.05) is 13.7 Å². The first kappa shape index (κ1) is 15.6. The molecular formula is C17H25N3O. The summed E-state index contributed by atoms with van der Waals surface area (Å²) in [5, 5.41) is 4.84. The minimum absolute atomic E-state index is 0.0499. The molecule has 2 N–H and O–H groups in total. The fraction of sp³-hybridized carbons (Fsp3) is 0.471. The molecule has 4 heteroatoms. The van der Waals surface area contributed by atoms with Gasteiger partial charge in [-0.25, -0.2) is 4.68 Å². The molecule has 1 aromatic heterocycles. The number of hydrogen-bond donors (Lipinski definition) is 1. The number of nitrogens with two attached hydrogens (primary N) is 1. The minimum atomic E-state index is -0.0499. The number of para-hydroxylation sites is 1. The first-order chi connectivity index (χ1) is 9.90. The molecule has 0 unspecified atom stereocenters. The molecule has 114 valence electrons. The molecule has 1 heterocycles. The number of hydrogen-bond acceptors (Lipinski definition) is 3. The van der Waals surface area contributed by atoms with E-state index in [1.54, 1.807) is 7.11 Å². The van der Waals surface area contributed by atoms with Crippen LogP contribution in [0.3, 0.4) is 0 Å². The van der Waals surface area contributed by atoms with Crippen molar-refractivity contribution in [1.29, 1.82) is 0 Å². The highest BCUT2D eigenvalue weighted by atomic mass is 16.5. The standard InChI is InChI=1S/C17H25N3O/c1-12-8-6-7-9-14(12)20-16(21-5)13(10-11-18)15(19-20)17(2,3)4/h6-9H,10-11,18H2,1-5H3. The van der Waals surface area contributed by atoms with Crippen molar-refractivity contribution in [2.24, 2.45) is 5.73 Å². The second kappa shape index (κ2) is 5.90. The van der Waals surface area contributed by atoms with E-state index in [4.69, 9.17) is 15.6 Å². The highest BCUT2D eigenvalue weighted by molar-refractivity contribution is 5.47. The number of methoxy groups -OCH3 is 1. The highest BCUT2D eigenvalue weighted by Crippen LogP contribution is 2.34. The normalized spacial score (nSPS) is 11.7. The summed E-state index contributed by atoms with van der Waals surface area (Å²) >= 11 is 0. The lowest BCUT2D eigenvalue weighted by Gasteiger charge is -2.17. The maximum Gasteiger partial charge on any atom is 0.220 e. The fourth-order valence-corrected chi connectivity index (χ4v) is 2.58. The first-order valence-electron chi connectivity index (χ1n) is 7.32. The Labute approximate surface area is 126 Å². The lowest BCUT2D eigenvalue weighted by atomic mass is 9.88. The molecule has 21 heavy (non-hydrogen) atoms. The van der Waals surface area contributed by atoms with Crippen molar-refractivity contribution in [3.05, 3.63) is 41.1 Å². The van der Waals surface area contributed by atoms with Gasteiger partial charge in [-0.3, -0.25) is 0 Å². The van der Waals surface area contributed by atoms with Gasteiger partial charge in [-0.1, -0.05) is 39.0 Å². The Bertz CT molecular complexity index is 623. The number of ether oxygens (including phenoxy) is 1. The number of nitrogens with zero attached hydrogens (tertiary/aromatic N) is 2. The van der Waals surface area contributed by atoms with Crippen molar-refractivity contribution in [1.82, 2.24) is 9.78 Å². The molecule has 4 nitrogen and oxygen atoms in total. The molecule has 0 spiro atoms. The van der Waals surface area contributed by atoms with E-state index in [1.165, 1.54) is 0 Å². The van der Waals surface area contributed by atoms with Gasteiger partial charge in [0.15, 0.2) is 0 Å². The van der Waals surface area contributed by atoms with E-state index in [1.807, 2.05) is 16.8 Å². The van der Waals surface area contributed by atoms with Crippen molar-refractivity contribution in [3.8, 4) is 11.6 Å². The predicted molar refractivity (Wildman–Crippen MR) is 86.3 cm³/mol. The van der Waals surface area contributed by atoms with Crippen LogP contribution < -0.4 is 10.5 Å². The SMILES string of the molecule is COc1c(CCN)c(C(C)(C)C)nn1-c1ccccc1C. The molecule has 0 radical (unpaired) electrons. The minimum Gasteiger partial charge on any atom is -0.481 e. The number of benzene rings is 1. The van der Waals surface area contributed by atoms with Crippen LogP contribution in [0.2, 0.25) is 0 Å². The van der Waals surface area contributed by atoms with Crippen LogP contribution in [0.4, 0.5) is 0 Å². The van der Waals surface area contributed by atoms with Crippen LogP contribution in [0.1, 0.15) is 37.6 Å². The zero-order valence-corrected chi connectivity index (χ0v) is 13.6. The zero-order valence-electron chi connectivity index (χ0n) is 13.6. The molecule has 0 aliphatic carbocycles. The van der Waals surface area contributed by atoms with Crippen molar-refractivity contribution in [3.63, 3.8) is 0 Å². The average Bonchev–Trinajstić information content (AvgIpc) is 2.78. The summed E-state index contributed by atoms with van der Waals surface area (Å²) in [6, 6.07) is 8.18. The molecule has 0 aliphatic rings. The average molecular weight is 287 g/mol. The van der Waals surface area contributed by atoms with Crippen LogP contribution >= 0.6 is 0 Å². The third kappa shape index (κ3) is 2.95. The van der Waals surface area contributed by atoms with E-state index in [-0.39, 0.29) is 5.41 Å². The Morgan fingerprint density at radius 3 is 2.43 bits per heavy atom. The quantitative estimate of drug-likeness (QED) is 0.940. The Morgan fingerprint density at radius 2 is 1.90 bits per heavy atom. The molecule has 0 fully saturated rings. The third-order valence-corrected chi connectivity index (χ3v) is 3.58. The van der Waals surface area contributed by atoms with E-state index < -0.39 is 0 Å². The van der Waals surface area contributed by atoms with Gasteiger partial charge in [0.2, 0.25) is 5.88 Å². The van der Waals surface area contributed by atoms with Gasteiger partial charge in [-0.05, 0) is 31.5 Å². The van der Waals surface area contributed by atoms with Crippen LogP contribution in [0, 0.1) is 6.92 Å². The van der Waals surface area contributed by atoms with Gasteiger partial charge in [-0.2, -0.15) is 5.10 Å². The van der Waals surface area contributed by atoms with Gasteiger partial charge < -0.3 is 10.5 Å². The Kier molecular flexibility index (Phi) is 4.37. The van der Waals surface area contributed by atoms with E-state index in [0.29, 0.717) is 6.54 Å². The zero-order chi connectivity index (χ0) is 15.6. The van der Waals surface area contributed by atoms with Gasteiger partial charge in [0.25, 0.3) is 0 Å². The van der Waals surface area contributed by atoms with E-state index in [9.17, 15) is 0 Å². The van der Waals surface area contributed by atoms with Crippen LogP contribution in [0.25, 0.3) is 5.69 Å². The largest absolute Gasteiger partial charge is 0.481 e. The molecule has 0 aliphatic heterocycles. The molecular weight excluding hydrogens is 262 g/mol. The topological polar surface area (TPSA) is 53.1 Å². The predicted octanol–water partition coefficient (Wildman–Crippen LogP) is 2.99. The molecule has 2 rings (SSSR count). The Morgan fingerprint density at radius 1 is 1.24 bits per heavy atom. The summed E-state index contributed by atoms with van der Waals surface area (Å²) in [6.07, 6.45) is 0.766. The maximum absolute atomic E-state index is 5.78. The molecule has 0 saturated carbocycles. The fourth-order valence-electron chi connectivity index (χ4n) is 2.58. The number of aromatic nitrogens is 2. The summed E-state index contributed by atoms with van der Waals surface area (Å²) in [5.74, 6) is 0.791. The second-order valence-electron chi connectivity index (χ2n) is 6.32. The van der Waals surface area contributed by atoms with E-state index in [0.717, 1.165) is 34.8 Å². The van der Waals surface area contributed by atoms with Crippen LogP contribution in [0.5, 0.6) is 5.88 Å². The van der Waals surface area contributed by atoms with Gasteiger partial charge in [0, 0.05) is 11.0 Å². The first-order valence-corrected chi connectivity index (χ1v) is 7.32. The molecule has 0 atom stereocenters.